The van der Waals surface area contributed by atoms with Crippen molar-refractivity contribution in [2.24, 2.45) is 12.0 Å². The summed E-state index contributed by atoms with van der Waals surface area (Å²) in [4.78, 5) is 4.70. The molecule has 6 nitrogen and oxygen atoms in total. The first-order chi connectivity index (χ1) is 12.0. The van der Waals surface area contributed by atoms with Crippen molar-refractivity contribution in [3.63, 3.8) is 0 Å². The van der Waals surface area contributed by atoms with Gasteiger partial charge in [0.15, 0.2) is 5.96 Å². The summed E-state index contributed by atoms with van der Waals surface area (Å²) in [7, 11) is 3.66. The van der Waals surface area contributed by atoms with Crippen LogP contribution in [0.1, 0.15) is 29.4 Å². The molecule has 2 rings (SSSR count). The Morgan fingerprint density at radius 1 is 1.28 bits per heavy atom. The Hall–Kier alpha value is -2.50. The van der Waals surface area contributed by atoms with E-state index in [1.165, 1.54) is 11.1 Å². The van der Waals surface area contributed by atoms with Crippen LogP contribution in [0.15, 0.2) is 29.3 Å². The highest BCUT2D eigenvalue weighted by atomic mass is 16.5. The van der Waals surface area contributed by atoms with Gasteiger partial charge in [0.25, 0.3) is 0 Å². The minimum Gasteiger partial charge on any atom is -0.497 e. The molecule has 0 bridgehead atoms. The number of aliphatic imine (C=N–C) groups is 1. The second-order valence-corrected chi connectivity index (χ2v) is 6.00. The maximum atomic E-state index is 5.27. The summed E-state index contributed by atoms with van der Waals surface area (Å²) in [5.74, 6) is 1.72. The Labute approximate surface area is 150 Å². The Kier molecular flexibility index (Phi) is 6.86. The monoisotopic (exact) mass is 343 g/mol. The molecular weight excluding hydrogens is 314 g/mol. The number of ether oxygens (including phenoxy) is 1. The van der Waals surface area contributed by atoms with E-state index >= 15 is 0 Å². The molecule has 0 aliphatic rings. The van der Waals surface area contributed by atoms with Crippen LogP contribution in [0.25, 0.3) is 0 Å². The first kappa shape index (κ1) is 18.8. The van der Waals surface area contributed by atoms with Gasteiger partial charge in [0.1, 0.15) is 5.75 Å². The number of hydrogen-bond acceptors (Lipinski definition) is 3. The molecule has 2 aromatic rings. The normalized spacial score (nSPS) is 11.5. The fraction of sp³-hybridized carbons (Fsp3) is 0.474. The lowest BCUT2D eigenvalue weighted by Gasteiger charge is -2.12. The smallest absolute Gasteiger partial charge is 0.191 e. The SMILES string of the molecule is CCNC(=NCc1c(C)nn(C)c1C)NCCc1cccc(OC)c1. The molecule has 0 saturated heterocycles. The van der Waals surface area contributed by atoms with E-state index in [1.54, 1.807) is 7.11 Å². The summed E-state index contributed by atoms with van der Waals surface area (Å²) in [6, 6.07) is 8.15. The first-order valence-corrected chi connectivity index (χ1v) is 8.69. The van der Waals surface area contributed by atoms with Gasteiger partial charge in [-0.3, -0.25) is 4.68 Å². The molecule has 0 aliphatic heterocycles. The quantitative estimate of drug-likeness (QED) is 0.598. The summed E-state index contributed by atoms with van der Waals surface area (Å²) < 4.78 is 7.17. The summed E-state index contributed by atoms with van der Waals surface area (Å²) in [6.07, 6.45) is 0.909. The lowest BCUT2D eigenvalue weighted by molar-refractivity contribution is 0.414. The van der Waals surface area contributed by atoms with Crippen molar-refractivity contribution in [1.29, 1.82) is 0 Å². The van der Waals surface area contributed by atoms with Crippen molar-refractivity contribution in [3.8, 4) is 5.75 Å². The Morgan fingerprint density at radius 2 is 2.08 bits per heavy atom. The van der Waals surface area contributed by atoms with E-state index in [2.05, 4.69) is 41.7 Å². The highest BCUT2D eigenvalue weighted by Gasteiger charge is 2.09. The number of nitrogens with zero attached hydrogens (tertiary/aromatic N) is 3. The predicted molar refractivity (Wildman–Crippen MR) is 102 cm³/mol. The number of benzene rings is 1. The fourth-order valence-corrected chi connectivity index (χ4v) is 2.70. The molecule has 1 aromatic carbocycles. The van der Waals surface area contributed by atoms with Crippen molar-refractivity contribution < 1.29 is 4.74 Å². The van der Waals surface area contributed by atoms with Crippen LogP contribution in [0, 0.1) is 13.8 Å². The molecule has 0 spiro atoms. The minimum absolute atomic E-state index is 0.625. The van der Waals surface area contributed by atoms with Crippen LogP contribution in [0.3, 0.4) is 0 Å². The average molecular weight is 343 g/mol. The molecule has 1 heterocycles. The lowest BCUT2D eigenvalue weighted by Crippen LogP contribution is -2.38. The number of aromatic nitrogens is 2. The molecule has 0 unspecified atom stereocenters. The summed E-state index contributed by atoms with van der Waals surface area (Å²) in [6.45, 7) is 8.44. The highest BCUT2D eigenvalue weighted by Crippen LogP contribution is 2.13. The average Bonchev–Trinajstić information content (AvgIpc) is 2.85. The molecular formula is C19H29N5O. The Morgan fingerprint density at radius 3 is 2.72 bits per heavy atom. The minimum atomic E-state index is 0.625. The first-order valence-electron chi connectivity index (χ1n) is 8.69. The van der Waals surface area contributed by atoms with Gasteiger partial charge in [0.05, 0.1) is 19.3 Å². The molecule has 0 atom stereocenters. The van der Waals surface area contributed by atoms with Gasteiger partial charge in [-0.2, -0.15) is 5.10 Å². The van der Waals surface area contributed by atoms with Gasteiger partial charge >= 0.3 is 0 Å². The molecule has 0 radical (unpaired) electrons. The second-order valence-electron chi connectivity index (χ2n) is 6.00. The Bertz CT molecular complexity index is 721. The van der Waals surface area contributed by atoms with Crippen LogP contribution in [0.5, 0.6) is 5.75 Å². The number of methoxy groups -OCH3 is 1. The molecule has 1 aromatic heterocycles. The van der Waals surface area contributed by atoms with Gasteiger partial charge in [-0.25, -0.2) is 4.99 Å². The van der Waals surface area contributed by atoms with Crippen molar-refractivity contribution in [1.82, 2.24) is 20.4 Å². The molecule has 25 heavy (non-hydrogen) atoms. The fourth-order valence-electron chi connectivity index (χ4n) is 2.70. The lowest BCUT2D eigenvalue weighted by atomic mass is 10.1. The van der Waals surface area contributed by atoms with Gasteiger partial charge in [-0.15, -0.1) is 0 Å². The van der Waals surface area contributed by atoms with Gasteiger partial charge < -0.3 is 15.4 Å². The van der Waals surface area contributed by atoms with Crippen LogP contribution in [-0.2, 0) is 20.0 Å². The van der Waals surface area contributed by atoms with Crippen LogP contribution >= 0.6 is 0 Å². The van der Waals surface area contributed by atoms with E-state index in [4.69, 9.17) is 9.73 Å². The maximum absolute atomic E-state index is 5.27. The van der Waals surface area contributed by atoms with E-state index < -0.39 is 0 Å². The Balaban J connectivity index is 1.95. The van der Waals surface area contributed by atoms with E-state index in [-0.39, 0.29) is 0 Å². The molecule has 0 saturated carbocycles. The van der Waals surface area contributed by atoms with Crippen molar-refractivity contribution in [2.75, 3.05) is 20.2 Å². The van der Waals surface area contributed by atoms with Gasteiger partial charge in [-0.1, -0.05) is 12.1 Å². The predicted octanol–water partition coefficient (Wildman–Crippen LogP) is 2.34. The number of rotatable bonds is 7. The summed E-state index contributed by atoms with van der Waals surface area (Å²) in [5, 5.41) is 11.1. The van der Waals surface area contributed by atoms with Crippen LogP contribution in [-0.4, -0.2) is 35.9 Å². The van der Waals surface area contributed by atoms with Gasteiger partial charge in [0.2, 0.25) is 0 Å². The largest absolute Gasteiger partial charge is 0.497 e. The second kappa shape index (κ2) is 9.11. The van der Waals surface area contributed by atoms with Crippen molar-refractivity contribution >= 4 is 5.96 Å². The third-order valence-electron chi connectivity index (χ3n) is 4.24. The van der Waals surface area contributed by atoms with E-state index in [1.807, 2.05) is 30.8 Å². The molecule has 0 aliphatic carbocycles. The maximum Gasteiger partial charge on any atom is 0.191 e. The summed E-state index contributed by atoms with van der Waals surface area (Å²) >= 11 is 0. The van der Waals surface area contributed by atoms with Crippen molar-refractivity contribution in [3.05, 3.63) is 46.8 Å². The molecule has 0 fully saturated rings. The molecule has 136 valence electrons. The van der Waals surface area contributed by atoms with E-state index in [0.717, 1.165) is 42.6 Å². The van der Waals surface area contributed by atoms with Gasteiger partial charge in [0, 0.05) is 31.4 Å². The zero-order valence-electron chi connectivity index (χ0n) is 15.9. The van der Waals surface area contributed by atoms with Crippen LogP contribution in [0.4, 0.5) is 0 Å². The van der Waals surface area contributed by atoms with Gasteiger partial charge in [-0.05, 0) is 44.9 Å². The van der Waals surface area contributed by atoms with E-state index in [9.17, 15) is 0 Å². The third-order valence-corrected chi connectivity index (χ3v) is 4.24. The number of hydrogen-bond donors (Lipinski definition) is 2. The molecule has 6 heteroatoms. The van der Waals surface area contributed by atoms with Crippen LogP contribution in [0.2, 0.25) is 0 Å². The molecule has 2 N–H and O–H groups in total. The van der Waals surface area contributed by atoms with E-state index in [0.29, 0.717) is 6.54 Å². The number of guanidine groups is 1. The van der Waals surface area contributed by atoms with Crippen LogP contribution < -0.4 is 15.4 Å². The van der Waals surface area contributed by atoms with Crippen molar-refractivity contribution in [2.45, 2.75) is 33.7 Å². The number of nitrogens with one attached hydrogen (secondary N) is 2. The third kappa shape index (κ3) is 5.24. The standard InChI is InChI=1S/C19H29N5O/c1-6-20-19(22-13-18-14(2)23-24(4)15(18)3)21-11-10-16-8-7-9-17(12-16)25-5/h7-9,12H,6,10-11,13H2,1-5H3,(H2,20,21,22). The molecule has 0 amide bonds. The zero-order valence-corrected chi connectivity index (χ0v) is 15.9. The summed E-state index contributed by atoms with van der Waals surface area (Å²) in [5.41, 5.74) is 4.62. The number of aryl methyl sites for hydroxylation is 2. The highest BCUT2D eigenvalue weighted by molar-refractivity contribution is 5.79. The topological polar surface area (TPSA) is 63.5 Å². The zero-order chi connectivity index (χ0) is 18.2.